The molecule has 5 heteroatoms. The summed E-state index contributed by atoms with van der Waals surface area (Å²) in [6, 6.07) is 32.1. The minimum Gasteiger partial charge on any atom is -0.458 e. The van der Waals surface area contributed by atoms with Crippen LogP contribution in [0.2, 0.25) is 0 Å². The van der Waals surface area contributed by atoms with Crippen LogP contribution in [-0.4, -0.2) is 15.8 Å². The van der Waals surface area contributed by atoms with Gasteiger partial charge in [-0.1, -0.05) is 269 Å². The molecular weight excluding hydrogens is 1140 g/mol. The van der Waals surface area contributed by atoms with Crippen LogP contribution in [0.5, 0.6) is 11.5 Å². The monoisotopic (exact) mass is 1230 g/mol. The van der Waals surface area contributed by atoms with Crippen molar-refractivity contribution in [3.05, 3.63) is 349 Å². The van der Waals surface area contributed by atoms with E-state index in [4.69, 9.17) is 15.7 Å². The molecule has 442 valence electrons. The summed E-state index contributed by atoms with van der Waals surface area (Å²) >= 11 is 0. The van der Waals surface area contributed by atoms with E-state index in [0.717, 1.165) is 16.7 Å². The molecule has 3 aliphatic rings. The Morgan fingerprint density at radius 2 is 0.862 bits per heavy atom. The van der Waals surface area contributed by atoms with Gasteiger partial charge in [-0.3, -0.25) is 0 Å². The largest absolute Gasteiger partial charge is 0.458 e. The van der Waals surface area contributed by atoms with Gasteiger partial charge in [-0.25, -0.2) is 0 Å². The van der Waals surface area contributed by atoms with E-state index in [0.29, 0.717) is 55.7 Å². The Morgan fingerprint density at radius 3 is 1.41 bits per heavy atom. The van der Waals surface area contributed by atoms with E-state index in [1.807, 2.05) is 77.7 Å². The Labute approximate surface area is 584 Å². The van der Waals surface area contributed by atoms with Crippen LogP contribution in [0.15, 0.2) is 321 Å². The van der Waals surface area contributed by atoms with Crippen molar-refractivity contribution in [2.75, 3.05) is 4.90 Å². The number of hydrogen-bond acceptors (Lipinski definition) is 2. The van der Waals surface area contributed by atoms with E-state index in [9.17, 15) is 24.7 Å². The molecular formula is C89H62BN3O. The normalized spacial score (nSPS) is 17.3. The van der Waals surface area contributed by atoms with Gasteiger partial charge in [0.15, 0.2) is 0 Å². The van der Waals surface area contributed by atoms with Gasteiger partial charge in [-0.2, -0.15) is 0 Å². The molecule has 0 bridgehead atoms. The fraction of sp³-hybridized carbons (Fsp3) is 0.0562. The lowest BCUT2D eigenvalue weighted by molar-refractivity contribution is 0.487. The Kier molecular flexibility index (Phi) is 7.51. The topological polar surface area (TPSA) is 22.3 Å². The number of para-hydroxylation sites is 4. The molecule has 0 saturated carbocycles. The molecule has 0 amide bonds. The van der Waals surface area contributed by atoms with Crippen LogP contribution >= 0.6 is 0 Å². The van der Waals surface area contributed by atoms with Gasteiger partial charge in [-0.05, 0) is 150 Å². The van der Waals surface area contributed by atoms with E-state index in [1.165, 1.54) is 9.13 Å². The molecule has 2 aromatic heterocycles. The summed E-state index contributed by atoms with van der Waals surface area (Å²) in [5, 5.41) is -0.739. The zero-order valence-corrected chi connectivity index (χ0v) is 50.4. The van der Waals surface area contributed by atoms with Crippen LogP contribution in [0, 0.1) is 0 Å². The second-order valence-corrected chi connectivity index (χ2v) is 24.7. The average Bonchev–Trinajstić information content (AvgIpc) is 1.47. The number of anilines is 3. The summed E-state index contributed by atoms with van der Waals surface area (Å²) in [5.74, 6) is 0.209. The fourth-order valence-electron chi connectivity index (χ4n) is 14.9. The number of ether oxygens (including phenoxy) is 1. The molecule has 4 heterocycles. The molecule has 16 aromatic rings. The van der Waals surface area contributed by atoms with E-state index >= 15 is 0 Å². The third kappa shape index (κ3) is 7.88. The molecule has 94 heavy (non-hydrogen) atoms. The molecule has 0 spiro atoms. The van der Waals surface area contributed by atoms with E-state index < -0.39 is 186 Å². The van der Waals surface area contributed by atoms with Crippen molar-refractivity contribution in [2.24, 2.45) is 0 Å². The summed E-state index contributed by atoms with van der Waals surface area (Å²) in [6.07, 6.45) is 0. The predicted molar refractivity (Wildman–Crippen MR) is 393 cm³/mol. The molecule has 0 radical (unpaired) electrons. The van der Waals surface area contributed by atoms with Gasteiger partial charge in [0.1, 0.15) is 11.5 Å². The zero-order valence-electron chi connectivity index (χ0n) is 76.4. The molecule has 2 aliphatic heterocycles. The standard InChI is InChI=1S/C89H62BN3O/c1-88(2,3)62-53-72(57-27-8-4-9-28-57)87(73(54-62)58-29-10-5-11-30-58)93-81-55-63(91-77-43-22-17-36-67(77)68-37-18-23-44-78(68)91)47-49-75(81)90-76-50-48-64(92-79-45-24-19-38-69(79)70-39-20-25-46-80(70)92)56-83(76)94-84-52-59(51-82(93)86(84)90)65-40-26-41-71-66-35-16-21-42-74(66)89(85(65)71,60-31-12-6-13-32-60)61-33-14-7-15-34-61/h4-56H,1-3H3/i6D,7D,12D,13D,14D,15D,17D,18D,19D,20D,22D,23D,24D,25D,31D,32D,33D,34D,36D,37D,38D,39D,43D,44D,45D,46D. The third-order valence-electron chi connectivity index (χ3n) is 18.8. The lowest BCUT2D eigenvalue weighted by Crippen LogP contribution is -2.59. The number of benzene rings is 14. The average molecular weight is 1230 g/mol. The van der Waals surface area contributed by atoms with Gasteiger partial charge in [0.25, 0.3) is 6.71 Å². The maximum absolute atomic E-state index is 10.1. The van der Waals surface area contributed by atoms with Gasteiger partial charge >= 0.3 is 0 Å². The first-order chi connectivity index (χ1) is 57.1. The van der Waals surface area contributed by atoms with Gasteiger partial charge in [0.05, 0.1) is 68.8 Å². The highest BCUT2D eigenvalue weighted by atomic mass is 16.5. The number of aromatic nitrogens is 2. The first kappa shape index (κ1) is 34.1. The lowest BCUT2D eigenvalue weighted by Gasteiger charge is -2.42. The number of rotatable bonds is 8. The Bertz CT molecular complexity index is 7060. The van der Waals surface area contributed by atoms with Crippen molar-refractivity contribution in [3.63, 3.8) is 0 Å². The highest BCUT2D eigenvalue weighted by molar-refractivity contribution is 6.99. The Balaban J connectivity index is 1.02. The molecule has 0 saturated heterocycles. The van der Waals surface area contributed by atoms with Crippen molar-refractivity contribution in [1.29, 1.82) is 0 Å². The molecule has 0 fully saturated rings. The summed E-state index contributed by atoms with van der Waals surface area (Å²) < 4.78 is 256. The second kappa shape index (κ2) is 20.7. The highest BCUT2D eigenvalue weighted by Crippen LogP contribution is 2.60. The van der Waals surface area contributed by atoms with Crippen LogP contribution in [0.4, 0.5) is 17.1 Å². The first-order valence-electron chi connectivity index (χ1n) is 43.7. The lowest BCUT2D eigenvalue weighted by atomic mass is 9.34. The summed E-state index contributed by atoms with van der Waals surface area (Å²) in [5.41, 5.74) is 3.64. The quantitative estimate of drug-likeness (QED) is 0.142. The first-order valence-corrected chi connectivity index (χ1v) is 30.7. The van der Waals surface area contributed by atoms with Gasteiger partial charge < -0.3 is 18.8 Å². The SMILES string of the molecule is [2H]c1c([2H])c([2H])c(C2(c3c([2H])c([2H])c([2H])c([2H])c3[2H])c3ccccc3-c3cccc(-c4cc5c6c(c4)N(c4c(-c7ccccc7)cc(C(C)(C)C)cc4-c4ccccc4)c4cc(-n7c8c([2H])c([2H])c([2H])c([2H])c8c8c([2H])c([2H])c([2H])c([2H])c87)ccc4B6c4ccc(-n6c7c([2H])c([2H])c([2H])c([2H])c7c7c([2H])c([2H])c([2H])c([2H])c76)cc4O5)c32)c([2H])c1[2H]. The van der Waals surface area contributed by atoms with E-state index in [1.54, 1.807) is 78.9 Å². The number of fused-ring (bicyclic) bond motifs is 13. The van der Waals surface area contributed by atoms with Crippen LogP contribution in [-0.2, 0) is 10.8 Å². The predicted octanol–water partition coefficient (Wildman–Crippen LogP) is 20.9. The molecule has 1 aliphatic carbocycles. The summed E-state index contributed by atoms with van der Waals surface area (Å²) in [7, 11) is 0. The molecule has 4 nitrogen and oxygen atoms in total. The zero-order chi connectivity index (χ0) is 85.0. The van der Waals surface area contributed by atoms with Crippen molar-refractivity contribution < 1.29 is 40.4 Å². The van der Waals surface area contributed by atoms with Crippen molar-refractivity contribution >= 4 is 83.8 Å². The van der Waals surface area contributed by atoms with E-state index in [2.05, 4.69) is 32.9 Å². The molecule has 14 aromatic carbocycles. The maximum Gasteiger partial charge on any atom is 0.256 e. The fourth-order valence-corrected chi connectivity index (χ4v) is 14.9. The minimum absolute atomic E-state index is 0.0884. The Morgan fingerprint density at radius 1 is 0.383 bits per heavy atom. The van der Waals surface area contributed by atoms with Crippen molar-refractivity contribution in [3.8, 4) is 67.4 Å². The summed E-state index contributed by atoms with van der Waals surface area (Å²) in [6.45, 7) is 5.28. The molecule has 0 unspecified atom stereocenters. The van der Waals surface area contributed by atoms with Crippen LogP contribution in [0.25, 0.3) is 99.5 Å². The van der Waals surface area contributed by atoms with Gasteiger partial charge in [0, 0.05) is 61.5 Å². The Hall–Kier alpha value is -11.7. The maximum atomic E-state index is 10.1. The van der Waals surface area contributed by atoms with Gasteiger partial charge in [0.2, 0.25) is 0 Å². The number of hydrogen-bond donors (Lipinski definition) is 0. The third-order valence-corrected chi connectivity index (χ3v) is 18.8. The molecule has 0 N–H and O–H groups in total. The number of nitrogens with zero attached hydrogens (tertiary/aromatic N) is 3. The van der Waals surface area contributed by atoms with Crippen molar-refractivity contribution in [1.82, 2.24) is 9.13 Å². The minimum atomic E-state index is -2.41. The van der Waals surface area contributed by atoms with Crippen LogP contribution in [0.3, 0.4) is 0 Å². The van der Waals surface area contributed by atoms with Crippen LogP contribution in [0.1, 0.15) is 84.2 Å². The highest BCUT2D eigenvalue weighted by Gasteiger charge is 2.49. The smallest absolute Gasteiger partial charge is 0.256 e. The van der Waals surface area contributed by atoms with E-state index in [-0.39, 0.29) is 88.7 Å². The second-order valence-electron chi connectivity index (χ2n) is 24.7. The summed E-state index contributed by atoms with van der Waals surface area (Å²) in [4.78, 5) is 2.05. The van der Waals surface area contributed by atoms with Crippen LogP contribution < -0.4 is 26.0 Å². The molecule has 0 atom stereocenters. The van der Waals surface area contributed by atoms with Gasteiger partial charge in [-0.15, -0.1) is 0 Å². The van der Waals surface area contributed by atoms with Crippen molar-refractivity contribution in [2.45, 2.75) is 31.6 Å². The molecule has 19 rings (SSSR count).